The van der Waals surface area contributed by atoms with E-state index in [1.165, 1.54) is 24.9 Å². The number of rotatable bonds is 10. The molecule has 0 saturated carbocycles. The first-order chi connectivity index (χ1) is 12.4. The molecule has 0 aliphatic carbocycles. The Morgan fingerprint density at radius 3 is 2.46 bits per heavy atom. The van der Waals surface area contributed by atoms with Gasteiger partial charge >= 0.3 is 0 Å². The molecule has 1 saturated heterocycles. The van der Waals surface area contributed by atoms with Crippen LogP contribution in [0.1, 0.15) is 65.9 Å². The Hall–Kier alpha value is -0.900. The molecule has 1 heterocycles. The van der Waals surface area contributed by atoms with Crippen molar-refractivity contribution >= 4 is 0 Å². The second-order valence-electron chi connectivity index (χ2n) is 8.62. The first-order valence-electron chi connectivity index (χ1n) is 10.6. The second kappa shape index (κ2) is 9.87. The van der Waals surface area contributed by atoms with Gasteiger partial charge in [-0.2, -0.15) is 0 Å². The lowest BCUT2D eigenvalue weighted by molar-refractivity contribution is -0.0854. The predicted octanol–water partition coefficient (Wildman–Crippen LogP) is 4.61. The van der Waals surface area contributed by atoms with Gasteiger partial charge in [-0.05, 0) is 78.2 Å². The molecule has 0 spiro atoms. The standard InChI is InChI=1S/C23H40N2O/c1-6-25(7-2)16-11-15-24-20(3)18-23(21-12-9-8-10-13-21)14-17-26-22(4,5)19-23/h8-10,12-13,20,24H,6-7,11,14-19H2,1-5H3. The number of benzene rings is 1. The van der Waals surface area contributed by atoms with E-state index in [2.05, 4.69) is 75.2 Å². The summed E-state index contributed by atoms with van der Waals surface area (Å²) in [7, 11) is 0. The molecule has 0 radical (unpaired) electrons. The summed E-state index contributed by atoms with van der Waals surface area (Å²) in [5.41, 5.74) is 1.65. The van der Waals surface area contributed by atoms with Crippen LogP contribution in [0.25, 0.3) is 0 Å². The fourth-order valence-electron chi connectivity index (χ4n) is 4.66. The average Bonchev–Trinajstić information content (AvgIpc) is 2.62. The van der Waals surface area contributed by atoms with Crippen molar-refractivity contribution in [2.45, 2.75) is 77.4 Å². The molecule has 26 heavy (non-hydrogen) atoms. The van der Waals surface area contributed by atoms with E-state index >= 15 is 0 Å². The predicted molar refractivity (Wildman–Crippen MR) is 112 cm³/mol. The molecule has 2 rings (SSSR count). The first kappa shape index (κ1) is 21.4. The van der Waals surface area contributed by atoms with Crippen molar-refractivity contribution in [3.05, 3.63) is 35.9 Å². The largest absolute Gasteiger partial charge is 0.376 e. The zero-order valence-corrected chi connectivity index (χ0v) is 17.7. The highest BCUT2D eigenvalue weighted by Gasteiger charge is 2.42. The molecule has 1 fully saturated rings. The highest BCUT2D eigenvalue weighted by atomic mass is 16.5. The lowest BCUT2D eigenvalue weighted by Gasteiger charge is -2.46. The lowest BCUT2D eigenvalue weighted by atomic mass is 9.66. The Morgan fingerprint density at radius 2 is 1.85 bits per heavy atom. The van der Waals surface area contributed by atoms with Gasteiger partial charge in [0.2, 0.25) is 0 Å². The Balaban J connectivity index is 1.97. The van der Waals surface area contributed by atoms with E-state index in [1.54, 1.807) is 0 Å². The van der Waals surface area contributed by atoms with Crippen LogP contribution in [-0.2, 0) is 10.2 Å². The summed E-state index contributed by atoms with van der Waals surface area (Å²) >= 11 is 0. The molecule has 3 heteroatoms. The van der Waals surface area contributed by atoms with Crippen LogP contribution >= 0.6 is 0 Å². The molecule has 1 N–H and O–H groups in total. The second-order valence-corrected chi connectivity index (χ2v) is 8.62. The molecule has 3 nitrogen and oxygen atoms in total. The minimum absolute atomic E-state index is 0.0451. The fraction of sp³-hybridized carbons (Fsp3) is 0.739. The third-order valence-corrected chi connectivity index (χ3v) is 5.96. The molecule has 0 bridgehead atoms. The molecule has 1 aliphatic heterocycles. The maximum Gasteiger partial charge on any atom is 0.0635 e. The third-order valence-electron chi connectivity index (χ3n) is 5.96. The van der Waals surface area contributed by atoms with Crippen LogP contribution in [0.3, 0.4) is 0 Å². The van der Waals surface area contributed by atoms with Gasteiger partial charge in [-0.15, -0.1) is 0 Å². The summed E-state index contributed by atoms with van der Waals surface area (Å²) < 4.78 is 6.05. The summed E-state index contributed by atoms with van der Waals surface area (Å²) in [5, 5.41) is 3.79. The van der Waals surface area contributed by atoms with Crippen molar-refractivity contribution in [1.29, 1.82) is 0 Å². The van der Waals surface area contributed by atoms with Crippen molar-refractivity contribution in [3.63, 3.8) is 0 Å². The molecule has 0 amide bonds. The van der Waals surface area contributed by atoms with Gasteiger partial charge in [0.25, 0.3) is 0 Å². The Morgan fingerprint density at radius 1 is 1.15 bits per heavy atom. The van der Waals surface area contributed by atoms with Gasteiger partial charge in [0, 0.05) is 18.1 Å². The fourth-order valence-corrected chi connectivity index (χ4v) is 4.66. The monoisotopic (exact) mass is 360 g/mol. The molecule has 1 aromatic rings. The lowest BCUT2D eigenvalue weighted by Crippen LogP contribution is -2.47. The van der Waals surface area contributed by atoms with Gasteiger partial charge in [0.15, 0.2) is 0 Å². The minimum Gasteiger partial charge on any atom is -0.376 e. The van der Waals surface area contributed by atoms with Gasteiger partial charge in [-0.1, -0.05) is 44.2 Å². The van der Waals surface area contributed by atoms with E-state index in [1.807, 2.05) is 0 Å². The van der Waals surface area contributed by atoms with E-state index in [0.29, 0.717) is 6.04 Å². The van der Waals surface area contributed by atoms with Gasteiger partial charge in [0.05, 0.1) is 5.60 Å². The third kappa shape index (κ3) is 6.07. The molecule has 0 aromatic heterocycles. The molecule has 2 unspecified atom stereocenters. The van der Waals surface area contributed by atoms with E-state index in [4.69, 9.17) is 4.74 Å². The van der Waals surface area contributed by atoms with Gasteiger partial charge in [-0.3, -0.25) is 0 Å². The normalized spacial score (nSPS) is 23.9. The summed E-state index contributed by atoms with van der Waals surface area (Å²) in [6.45, 7) is 16.8. The topological polar surface area (TPSA) is 24.5 Å². The van der Waals surface area contributed by atoms with Crippen LogP contribution in [-0.4, -0.2) is 49.3 Å². The number of ether oxygens (including phenoxy) is 1. The highest BCUT2D eigenvalue weighted by Crippen LogP contribution is 2.44. The molecule has 1 aliphatic rings. The zero-order valence-electron chi connectivity index (χ0n) is 17.7. The Labute approximate surface area is 161 Å². The minimum atomic E-state index is -0.0451. The summed E-state index contributed by atoms with van der Waals surface area (Å²) in [6.07, 6.45) is 4.61. The Bertz CT molecular complexity index is 512. The molecule has 1 aromatic carbocycles. The Kier molecular flexibility index (Phi) is 8.12. The van der Waals surface area contributed by atoms with Crippen LogP contribution in [0.4, 0.5) is 0 Å². The number of nitrogens with one attached hydrogen (secondary N) is 1. The maximum absolute atomic E-state index is 6.05. The summed E-state index contributed by atoms with van der Waals surface area (Å²) in [6, 6.07) is 11.6. The molecule has 2 atom stereocenters. The summed E-state index contributed by atoms with van der Waals surface area (Å²) in [5.74, 6) is 0. The summed E-state index contributed by atoms with van der Waals surface area (Å²) in [4.78, 5) is 2.50. The maximum atomic E-state index is 6.05. The molecular formula is C23H40N2O. The van der Waals surface area contributed by atoms with Crippen LogP contribution in [0.15, 0.2) is 30.3 Å². The zero-order chi connectivity index (χ0) is 19.0. The molecule has 148 valence electrons. The number of hydrogen-bond acceptors (Lipinski definition) is 3. The molecular weight excluding hydrogens is 320 g/mol. The van der Waals surface area contributed by atoms with Crippen molar-refractivity contribution in [2.75, 3.05) is 32.8 Å². The smallest absolute Gasteiger partial charge is 0.0635 e. The van der Waals surface area contributed by atoms with Crippen molar-refractivity contribution < 1.29 is 4.74 Å². The van der Waals surface area contributed by atoms with Gasteiger partial charge in [-0.25, -0.2) is 0 Å². The van der Waals surface area contributed by atoms with Crippen LogP contribution < -0.4 is 5.32 Å². The van der Waals surface area contributed by atoms with Crippen LogP contribution in [0.5, 0.6) is 0 Å². The van der Waals surface area contributed by atoms with Crippen LogP contribution in [0, 0.1) is 0 Å². The SMILES string of the molecule is CCN(CC)CCCNC(C)CC1(c2ccccc2)CCOC(C)(C)C1. The van der Waals surface area contributed by atoms with Crippen molar-refractivity contribution in [1.82, 2.24) is 10.2 Å². The average molecular weight is 361 g/mol. The number of nitrogens with zero attached hydrogens (tertiary/aromatic N) is 1. The van der Waals surface area contributed by atoms with Gasteiger partial charge in [0.1, 0.15) is 0 Å². The number of hydrogen-bond donors (Lipinski definition) is 1. The van der Waals surface area contributed by atoms with Crippen LogP contribution in [0.2, 0.25) is 0 Å². The highest BCUT2D eigenvalue weighted by molar-refractivity contribution is 5.27. The van der Waals surface area contributed by atoms with E-state index in [0.717, 1.165) is 39.1 Å². The first-order valence-corrected chi connectivity index (χ1v) is 10.6. The van der Waals surface area contributed by atoms with E-state index < -0.39 is 0 Å². The van der Waals surface area contributed by atoms with E-state index in [-0.39, 0.29) is 11.0 Å². The van der Waals surface area contributed by atoms with Crippen molar-refractivity contribution in [2.24, 2.45) is 0 Å². The van der Waals surface area contributed by atoms with Crippen molar-refractivity contribution in [3.8, 4) is 0 Å². The van der Waals surface area contributed by atoms with E-state index in [9.17, 15) is 0 Å². The van der Waals surface area contributed by atoms with Gasteiger partial charge < -0.3 is 15.0 Å². The quantitative estimate of drug-likeness (QED) is 0.617.